The average molecular weight is 422 g/mol. The first kappa shape index (κ1) is 18.1. The number of rotatable bonds is 4. The second-order valence-corrected chi connectivity index (χ2v) is 8.20. The molecule has 0 fully saturated rings. The summed E-state index contributed by atoms with van der Waals surface area (Å²) in [4.78, 5) is 29.9. The Hall–Kier alpha value is -1.70. The van der Waals surface area contributed by atoms with Crippen molar-refractivity contribution in [3.63, 3.8) is 0 Å². The second-order valence-electron chi connectivity index (χ2n) is 6.29. The van der Waals surface area contributed by atoms with Gasteiger partial charge in [0.05, 0.1) is 17.9 Å². The van der Waals surface area contributed by atoms with Gasteiger partial charge in [-0.3, -0.25) is 14.5 Å². The first-order valence-electron chi connectivity index (χ1n) is 8.06. The van der Waals surface area contributed by atoms with Gasteiger partial charge in [-0.15, -0.1) is 11.3 Å². The third-order valence-corrected chi connectivity index (χ3v) is 5.76. The fraction of sp³-hybridized carbons (Fsp3) is 0.333. The molecule has 2 aromatic rings. The molecule has 0 aliphatic carbocycles. The van der Waals surface area contributed by atoms with E-state index in [-0.39, 0.29) is 17.9 Å². The summed E-state index contributed by atoms with van der Waals surface area (Å²) in [5.74, 6) is -0.0680. The van der Waals surface area contributed by atoms with Crippen LogP contribution in [0.3, 0.4) is 0 Å². The highest BCUT2D eigenvalue weighted by molar-refractivity contribution is 9.10. The van der Waals surface area contributed by atoms with Gasteiger partial charge in [-0.05, 0) is 48.1 Å². The normalized spacial score (nSPS) is 17.2. The molecular weight excluding hydrogens is 402 g/mol. The molecule has 3 rings (SSSR count). The third kappa shape index (κ3) is 4.29. The van der Waals surface area contributed by atoms with E-state index in [4.69, 9.17) is 0 Å². The highest BCUT2D eigenvalue weighted by atomic mass is 79.9. The molecule has 1 N–H and O–H groups in total. The van der Waals surface area contributed by atoms with Gasteiger partial charge in [-0.1, -0.05) is 12.1 Å². The number of benzene rings is 1. The number of thiophene rings is 1. The van der Waals surface area contributed by atoms with Crippen LogP contribution in [0.25, 0.3) is 0 Å². The van der Waals surface area contributed by atoms with Crippen molar-refractivity contribution in [3.8, 4) is 0 Å². The number of nitrogens with one attached hydrogen (secondary N) is 1. The lowest BCUT2D eigenvalue weighted by Gasteiger charge is -2.29. The number of anilines is 2. The van der Waals surface area contributed by atoms with Gasteiger partial charge in [-0.25, -0.2) is 0 Å². The number of fused-ring (bicyclic) bond motifs is 1. The van der Waals surface area contributed by atoms with Crippen LogP contribution in [0.5, 0.6) is 0 Å². The molecule has 7 heteroatoms. The van der Waals surface area contributed by atoms with Crippen molar-refractivity contribution in [1.29, 1.82) is 0 Å². The Morgan fingerprint density at radius 1 is 1.44 bits per heavy atom. The molecule has 1 aromatic carbocycles. The van der Waals surface area contributed by atoms with E-state index in [1.807, 2.05) is 48.5 Å². The molecule has 0 saturated heterocycles. The highest BCUT2D eigenvalue weighted by Gasteiger charge is 2.29. The van der Waals surface area contributed by atoms with Crippen molar-refractivity contribution in [2.45, 2.75) is 25.9 Å². The summed E-state index contributed by atoms with van der Waals surface area (Å²) >= 11 is 5.12. The summed E-state index contributed by atoms with van der Waals surface area (Å²) < 4.78 is 1.06. The number of carbonyl (C=O) groups excluding carboxylic acids is 2. The molecule has 1 unspecified atom stereocenters. The molecule has 5 nitrogen and oxygen atoms in total. The molecule has 25 heavy (non-hydrogen) atoms. The van der Waals surface area contributed by atoms with E-state index >= 15 is 0 Å². The lowest BCUT2D eigenvalue weighted by molar-refractivity contribution is -0.120. The van der Waals surface area contributed by atoms with Gasteiger partial charge in [0.15, 0.2) is 0 Å². The number of amides is 2. The SMILES string of the molecule is CC1CC(=O)Nc2ccccc2N1C(=O)CN(C)Cc1cc(Br)cs1. The molecule has 1 atom stereocenters. The van der Waals surface area contributed by atoms with Crippen molar-refractivity contribution in [3.05, 3.63) is 45.1 Å². The van der Waals surface area contributed by atoms with Crippen molar-refractivity contribution < 1.29 is 9.59 Å². The van der Waals surface area contributed by atoms with Crippen LogP contribution in [-0.4, -0.2) is 36.3 Å². The first-order chi connectivity index (χ1) is 11.9. The van der Waals surface area contributed by atoms with Gasteiger partial charge in [0.1, 0.15) is 0 Å². The van der Waals surface area contributed by atoms with Gasteiger partial charge in [0.2, 0.25) is 11.8 Å². The van der Waals surface area contributed by atoms with E-state index in [2.05, 4.69) is 27.3 Å². The molecule has 132 valence electrons. The summed E-state index contributed by atoms with van der Waals surface area (Å²) in [6, 6.07) is 9.34. The van der Waals surface area contributed by atoms with E-state index in [1.165, 1.54) is 4.88 Å². The number of hydrogen-bond donors (Lipinski definition) is 1. The van der Waals surface area contributed by atoms with Gasteiger partial charge >= 0.3 is 0 Å². The Balaban J connectivity index is 1.76. The van der Waals surface area contributed by atoms with Crippen LogP contribution in [0.2, 0.25) is 0 Å². The largest absolute Gasteiger partial charge is 0.324 e. The van der Waals surface area contributed by atoms with Crippen LogP contribution in [0.15, 0.2) is 40.2 Å². The number of halogens is 1. The minimum atomic E-state index is -0.180. The van der Waals surface area contributed by atoms with E-state index in [9.17, 15) is 9.59 Å². The maximum Gasteiger partial charge on any atom is 0.241 e. The molecular formula is C18H20BrN3O2S. The zero-order chi connectivity index (χ0) is 18.0. The Bertz CT molecular complexity index is 792. The second kappa shape index (κ2) is 7.68. The standard InChI is InChI=1S/C18H20BrN3O2S/c1-12-7-17(23)20-15-5-3-4-6-16(15)22(12)18(24)10-21(2)9-14-8-13(19)11-25-14/h3-6,8,11-12H,7,9-10H2,1-2H3,(H,20,23). The van der Waals surface area contributed by atoms with Gasteiger partial charge < -0.3 is 10.2 Å². The molecule has 0 saturated carbocycles. The van der Waals surface area contributed by atoms with E-state index in [0.717, 1.165) is 10.2 Å². The van der Waals surface area contributed by atoms with Crippen LogP contribution < -0.4 is 10.2 Å². The Morgan fingerprint density at radius 3 is 2.92 bits per heavy atom. The molecule has 1 aliphatic heterocycles. The fourth-order valence-electron chi connectivity index (χ4n) is 3.03. The van der Waals surface area contributed by atoms with Crippen molar-refractivity contribution >= 4 is 50.5 Å². The smallest absolute Gasteiger partial charge is 0.241 e. The number of likely N-dealkylation sites (N-methyl/N-ethyl adjacent to an activating group) is 1. The van der Waals surface area contributed by atoms with Crippen LogP contribution in [0, 0.1) is 0 Å². The maximum absolute atomic E-state index is 13.0. The van der Waals surface area contributed by atoms with Crippen molar-refractivity contribution in [2.24, 2.45) is 0 Å². The number of carbonyl (C=O) groups is 2. The van der Waals surface area contributed by atoms with E-state index < -0.39 is 0 Å². The quantitative estimate of drug-likeness (QED) is 0.818. The highest BCUT2D eigenvalue weighted by Crippen LogP contribution is 2.31. The molecule has 1 aliphatic rings. The van der Waals surface area contributed by atoms with E-state index in [0.29, 0.717) is 25.2 Å². The molecule has 2 amide bonds. The monoisotopic (exact) mass is 421 g/mol. The lowest BCUT2D eigenvalue weighted by atomic mass is 10.1. The predicted molar refractivity (Wildman–Crippen MR) is 105 cm³/mol. The molecule has 0 spiro atoms. The average Bonchev–Trinajstić information content (AvgIpc) is 2.87. The van der Waals surface area contributed by atoms with Crippen molar-refractivity contribution in [2.75, 3.05) is 23.8 Å². The Kier molecular flexibility index (Phi) is 5.56. The fourth-order valence-corrected chi connectivity index (χ4v) is 4.56. The van der Waals surface area contributed by atoms with Crippen LogP contribution in [0.4, 0.5) is 11.4 Å². The summed E-state index contributed by atoms with van der Waals surface area (Å²) in [5, 5.41) is 4.92. The maximum atomic E-state index is 13.0. The lowest BCUT2D eigenvalue weighted by Crippen LogP contribution is -2.44. The van der Waals surface area contributed by atoms with Crippen LogP contribution in [-0.2, 0) is 16.1 Å². The van der Waals surface area contributed by atoms with E-state index in [1.54, 1.807) is 16.2 Å². The topological polar surface area (TPSA) is 52.7 Å². The number of hydrogen-bond acceptors (Lipinski definition) is 4. The van der Waals surface area contributed by atoms with Gasteiger partial charge in [0.25, 0.3) is 0 Å². The zero-order valence-electron chi connectivity index (χ0n) is 14.2. The third-order valence-electron chi connectivity index (χ3n) is 4.08. The summed E-state index contributed by atoms with van der Waals surface area (Å²) in [6.07, 6.45) is 0.294. The zero-order valence-corrected chi connectivity index (χ0v) is 16.6. The molecule has 2 heterocycles. The summed E-state index contributed by atoms with van der Waals surface area (Å²) in [6.45, 7) is 2.92. The predicted octanol–water partition coefficient (Wildman–Crippen LogP) is 3.71. The minimum Gasteiger partial charge on any atom is -0.324 e. The van der Waals surface area contributed by atoms with Crippen molar-refractivity contribution in [1.82, 2.24) is 4.90 Å². The molecule has 1 aromatic heterocycles. The number of nitrogens with zero attached hydrogens (tertiary/aromatic N) is 2. The van der Waals surface area contributed by atoms with Crippen LogP contribution >= 0.6 is 27.3 Å². The number of para-hydroxylation sites is 2. The summed E-state index contributed by atoms with van der Waals surface area (Å²) in [5.41, 5.74) is 1.45. The Morgan fingerprint density at radius 2 is 2.20 bits per heavy atom. The van der Waals surface area contributed by atoms with Gasteiger partial charge in [0, 0.05) is 33.7 Å². The van der Waals surface area contributed by atoms with Crippen LogP contribution in [0.1, 0.15) is 18.2 Å². The molecule has 0 radical (unpaired) electrons. The first-order valence-corrected chi connectivity index (χ1v) is 9.73. The summed E-state index contributed by atoms with van der Waals surface area (Å²) in [7, 11) is 1.93. The van der Waals surface area contributed by atoms with Gasteiger partial charge in [-0.2, -0.15) is 0 Å². The molecule has 0 bridgehead atoms. The minimum absolute atomic E-state index is 0.00503. The Labute approximate surface area is 159 Å².